The number of piperidine rings is 1. The van der Waals surface area contributed by atoms with Gasteiger partial charge in [-0.3, -0.25) is 4.79 Å². The van der Waals surface area contributed by atoms with E-state index in [-0.39, 0.29) is 18.1 Å². The maximum atomic E-state index is 13.1. The van der Waals surface area contributed by atoms with Crippen LogP contribution in [0.25, 0.3) is 0 Å². The lowest BCUT2D eigenvalue weighted by molar-refractivity contribution is -0.146. The Morgan fingerprint density at radius 2 is 1.84 bits per heavy atom. The number of nitrogens with one attached hydrogen (secondary N) is 1. The van der Waals surface area contributed by atoms with Crippen LogP contribution in [0, 0.1) is 11.7 Å². The summed E-state index contributed by atoms with van der Waals surface area (Å²) in [6, 6.07) is 6.57. The summed E-state index contributed by atoms with van der Waals surface area (Å²) >= 11 is 0. The number of benzene rings is 1. The van der Waals surface area contributed by atoms with E-state index in [0.29, 0.717) is 32.1 Å². The molecule has 2 fully saturated rings. The smallest absolute Gasteiger partial charge is 0.451 e. The van der Waals surface area contributed by atoms with Crippen LogP contribution in [0.5, 0.6) is 0 Å². The van der Waals surface area contributed by atoms with Crippen molar-refractivity contribution >= 4 is 13.1 Å². The second-order valence-electron chi connectivity index (χ2n) is 9.09. The van der Waals surface area contributed by atoms with Gasteiger partial charge in [-0.2, -0.15) is 0 Å². The Balaban J connectivity index is 1.51. The largest absolute Gasteiger partial charge is 0.480 e. The molecule has 7 nitrogen and oxygen atoms in total. The third kappa shape index (κ3) is 6.70. The van der Waals surface area contributed by atoms with Crippen LogP contribution in [0.2, 0.25) is 6.32 Å². The van der Waals surface area contributed by atoms with Gasteiger partial charge in [-0.1, -0.05) is 25.0 Å². The van der Waals surface area contributed by atoms with Crippen molar-refractivity contribution in [2.45, 2.75) is 63.2 Å². The van der Waals surface area contributed by atoms with Crippen LogP contribution in [0.15, 0.2) is 35.7 Å². The molecule has 0 radical (unpaired) electrons. The second-order valence-corrected chi connectivity index (χ2v) is 9.09. The van der Waals surface area contributed by atoms with Crippen LogP contribution in [0.3, 0.4) is 0 Å². The highest BCUT2D eigenvalue weighted by Crippen LogP contribution is 2.36. The summed E-state index contributed by atoms with van der Waals surface area (Å²) in [4.78, 5) is 14.3. The van der Waals surface area contributed by atoms with Crippen LogP contribution >= 0.6 is 0 Å². The van der Waals surface area contributed by atoms with Crippen LogP contribution in [-0.2, 0) is 11.2 Å². The molecule has 1 aliphatic heterocycles. The predicted molar refractivity (Wildman–Crippen MR) is 122 cm³/mol. The number of unbranched alkanes of at least 4 members (excludes halogenated alkanes) is 1. The maximum absolute atomic E-state index is 13.1. The zero-order valence-corrected chi connectivity index (χ0v) is 18.6. The SMILES string of the molecule is NC(CCCCB(O)O)(C(=O)O)C1CCN(C(NCCc2ccc(F)cc2)=C2CC2)CC1. The molecule has 0 bridgehead atoms. The number of hydrogen-bond acceptors (Lipinski definition) is 6. The van der Waals surface area contributed by atoms with Crippen molar-refractivity contribution in [1.82, 2.24) is 10.2 Å². The van der Waals surface area contributed by atoms with E-state index in [2.05, 4.69) is 10.2 Å². The molecule has 1 aromatic rings. The summed E-state index contributed by atoms with van der Waals surface area (Å²) in [5.74, 6) is -0.146. The molecule has 3 rings (SSSR count). The van der Waals surface area contributed by atoms with E-state index in [1.54, 1.807) is 12.1 Å². The van der Waals surface area contributed by atoms with Gasteiger partial charge in [0.15, 0.2) is 0 Å². The summed E-state index contributed by atoms with van der Waals surface area (Å²) in [5, 5.41) is 31.4. The second kappa shape index (κ2) is 11.2. The Bertz CT molecular complexity index is 791. The number of aliphatic carboxylic acids is 1. The standard InChI is InChI=1S/C23H35BFN3O4/c25-20-7-3-17(4-8-20)9-14-27-21(18-5-6-18)28-15-10-19(11-16-28)23(26,22(29)30)12-1-2-13-24(31)32/h3-4,7-8,19,27,31-32H,1-2,5-6,9-16,26H2,(H,29,30). The van der Waals surface area contributed by atoms with Gasteiger partial charge in [-0.05, 0) is 74.0 Å². The molecule has 1 atom stereocenters. The predicted octanol–water partition coefficient (Wildman–Crippen LogP) is 2.10. The maximum Gasteiger partial charge on any atom is 0.451 e. The molecule has 6 N–H and O–H groups in total. The van der Waals surface area contributed by atoms with Gasteiger partial charge >= 0.3 is 13.1 Å². The number of halogens is 1. The first-order chi connectivity index (χ1) is 15.3. The van der Waals surface area contributed by atoms with Crippen LogP contribution in [0.4, 0.5) is 4.39 Å². The highest BCUT2D eigenvalue weighted by molar-refractivity contribution is 6.40. The van der Waals surface area contributed by atoms with E-state index >= 15 is 0 Å². The zero-order chi connectivity index (χ0) is 23.1. The average Bonchev–Trinajstić information content (AvgIpc) is 3.60. The number of hydrogen-bond donors (Lipinski definition) is 5. The summed E-state index contributed by atoms with van der Waals surface area (Å²) in [5.41, 5.74) is 7.59. The van der Waals surface area contributed by atoms with Crippen molar-refractivity contribution in [3.8, 4) is 0 Å². The summed E-state index contributed by atoms with van der Waals surface area (Å²) in [6.45, 7) is 2.28. The minimum atomic E-state index is -1.36. The number of nitrogens with two attached hydrogens (primary N) is 1. The molecule has 1 saturated carbocycles. The fraction of sp³-hybridized carbons (Fsp3) is 0.609. The number of carboxylic acids is 1. The zero-order valence-electron chi connectivity index (χ0n) is 18.6. The molecule has 0 amide bonds. The van der Waals surface area contributed by atoms with Crippen molar-refractivity contribution in [3.05, 3.63) is 47.0 Å². The van der Waals surface area contributed by atoms with Crippen LogP contribution < -0.4 is 11.1 Å². The Labute approximate surface area is 189 Å². The minimum absolute atomic E-state index is 0.111. The molecular formula is C23H35BFN3O4. The van der Waals surface area contributed by atoms with Gasteiger partial charge in [0.2, 0.25) is 0 Å². The quantitative estimate of drug-likeness (QED) is 0.246. The molecule has 1 saturated heterocycles. The van der Waals surface area contributed by atoms with Gasteiger partial charge in [0.25, 0.3) is 0 Å². The Morgan fingerprint density at radius 1 is 1.19 bits per heavy atom. The fourth-order valence-corrected chi connectivity index (χ4v) is 4.58. The molecule has 1 heterocycles. The van der Waals surface area contributed by atoms with E-state index in [0.717, 1.165) is 44.5 Å². The molecule has 32 heavy (non-hydrogen) atoms. The van der Waals surface area contributed by atoms with E-state index in [4.69, 9.17) is 15.8 Å². The Morgan fingerprint density at radius 3 is 2.41 bits per heavy atom. The highest BCUT2D eigenvalue weighted by Gasteiger charge is 2.43. The molecule has 2 aliphatic rings. The topological polar surface area (TPSA) is 119 Å². The van der Waals surface area contributed by atoms with E-state index in [1.165, 1.54) is 23.5 Å². The van der Waals surface area contributed by atoms with Gasteiger partial charge in [0.05, 0.1) is 0 Å². The monoisotopic (exact) mass is 447 g/mol. The third-order valence-corrected chi connectivity index (χ3v) is 6.69. The van der Waals surface area contributed by atoms with Crippen molar-refractivity contribution in [3.63, 3.8) is 0 Å². The van der Waals surface area contributed by atoms with Crippen LogP contribution in [0.1, 0.15) is 50.5 Å². The molecule has 9 heteroatoms. The van der Waals surface area contributed by atoms with Crippen molar-refractivity contribution in [2.75, 3.05) is 19.6 Å². The molecule has 176 valence electrons. The Hall–Kier alpha value is -2.10. The number of carbonyl (C=O) groups is 1. The van der Waals surface area contributed by atoms with Gasteiger partial charge in [-0.15, -0.1) is 0 Å². The van der Waals surface area contributed by atoms with E-state index in [9.17, 15) is 14.3 Å². The third-order valence-electron chi connectivity index (χ3n) is 6.69. The van der Waals surface area contributed by atoms with E-state index < -0.39 is 18.6 Å². The molecule has 1 aromatic carbocycles. The summed E-state index contributed by atoms with van der Waals surface area (Å²) in [7, 11) is -1.36. The number of carboxylic acid groups (broad SMARTS) is 1. The lowest BCUT2D eigenvalue weighted by Crippen LogP contribution is -2.57. The molecule has 1 aliphatic carbocycles. The summed E-state index contributed by atoms with van der Waals surface area (Å²) in [6.07, 6.45) is 6.07. The van der Waals surface area contributed by atoms with Crippen molar-refractivity contribution in [2.24, 2.45) is 11.7 Å². The molecule has 0 spiro atoms. The summed E-state index contributed by atoms with van der Waals surface area (Å²) < 4.78 is 13.1. The first-order valence-electron chi connectivity index (χ1n) is 11.6. The van der Waals surface area contributed by atoms with Gasteiger partial charge in [0.1, 0.15) is 17.2 Å². The van der Waals surface area contributed by atoms with Gasteiger partial charge in [0, 0.05) is 19.6 Å². The number of likely N-dealkylation sites (tertiary alicyclic amines) is 1. The number of allylic oxidation sites excluding steroid dienone is 1. The lowest BCUT2D eigenvalue weighted by Gasteiger charge is -2.41. The molecule has 1 unspecified atom stereocenters. The van der Waals surface area contributed by atoms with E-state index in [1.807, 2.05) is 0 Å². The van der Waals surface area contributed by atoms with Gasteiger partial charge < -0.3 is 31.1 Å². The average molecular weight is 447 g/mol. The first-order valence-corrected chi connectivity index (χ1v) is 11.6. The number of nitrogens with zero attached hydrogens (tertiary/aromatic N) is 1. The lowest BCUT2D eigenvalue weighted by atomic mass is 9.74. The normalized spacial score (nSPS) is 18.2. The van der Waals surface area contributed by atoms with Crippen molar-refractivity contribution < 1.29 is 24.3 Å². The minimum Gasteiger partial charge on any atom is -0.480 e. The van der Waals surface area contributed by atoms with Crippen LogP contribution in [-0.4, -0.2) is 58.3 Å². The van der Waals surface area contributed by atoms with Crippen molar-refractivity contribution in [1.29, 1.82) is 0 Å². The molecular weight excluding hydrogens is 412 g/mol. The van der Waals surface area contributed by atoms with Gasteiger partial charge in [-0.25, -0.2) is 4.39 Å². The molecule has 0 aromatic heterocycles. The first kappa shape index (κ1) is 24.5. The highest BCUT2D eigenvalue weighted by atomic mass is 19.1. The number of rotatable bonds is 12. The Kier molecular flexibility index (Phi) is 8.56. The fourth-order valence-electron chi connectivity index (χ4n) is 4.58.